The third-order valence-corrected chi connectivity index (χ3v) is 9.15. The first-order valence-corrected chi connectivity index (χ1v) is 10.4. The van der Waals surface area contributed by atoms with Gasteiger partial charge in [0.1, 0.15) is 23.2 Å². The van der Waals surface area contributed by atoms with Crippen LogP contribution < -0.4 is 20.8 Å². The summed E-state index contributed by atoms with van der Waals surface area (Å²) in [4.78, 5) is 2.24. The fourth-order valence-electron chi connectivity index (χ4n) is 3.49. The summed E-state index contributed by atoms with van der Waals surface area (Å²) in [6.07, 6.45) is 1.12. The Morgan fingerprint density at radius 3 is 1.58 bits per heavy atom. The van der Waals surface area contributed by atoms with Gasteiger partial charge in [-0.3, -0.25) is 0 Å². The zero-order valence-electron chi connectivity index (χ0n) is 14.7. The van der Waals surface area contributed by atoms with E-state index in [0.29, 0.717) is 0 Å². The van der Waals surface area contributed by atoms with Crippen LogP contribution in [0.3, 0.4) is 0 Å². The second kappa shape index (κ2) is 7.20. The molecule has 0 unspecified atom stereocenters. The number of anilines is 1. The topological polar surface area (TPSA) is 3.24 Å². The maximum Gasteiger partial charge on any atom is 0.127 e. The molecule has 3 aromatic rings. The molecule has 3 aromatic carbocycles. The van der Waals surface area contributed by atoms with E-state index in [1.807, 2.05) is 0 Å². The van der Waals surface area contributed by atoms with E-state index in [1.54, 1.807) is 0 Å². The number of para-hydroxylation sites is 1. The normalized spacial score (nSPS) is 11.3. The van der Waals surface area contributed by atoms with Gasteiger partial charge in [0, 0.05) is 14.1 Å². The van der Waals surface area contributed by atoms with Crippen LogP contribution in [-0.2, 0) is 0 Å². The highest BCUT2D eigenvalue weighted by molar-refractivity contribution is 7.95. The van der Waals surface area contributed by atoms with E-state index in [-0.39, 0.29) is 0 Å². The Morgan fingerprint density at radius 1 is 0.667 bits per heavy atom. The van der Waals surface area contributed by atoms with Crippen molar-refractivity contribution in [2.75, 3.05) is 25.2 Å². The quantitative estimate of drug-likeness (QED) is 0.636. The van der Waals surface area contributed by atoms with E-state index in [1.165, 1.54) is 21.6 Å². The maximum atomic E-state index is 2.33. The van der Waals surface area contributed by atoms with Gasteiger partial charge in [0.25, 0.3) is 0 Å². The van der Waals surface area contributed by atoms with E-state index >= 15 is 0 Å². The molecule has 0 saturated carbocycles. The fraction of sp³-hybridized carbons (Fsp3) is 0.182. The molecule has 0 aliphatic carbocycles. The van der Waals surface area contributed by atoms with Gasteiger partial charge in [-0.1, -0.05) is 48.5 Å². The van der Waals surface area contributed by atoms with Crippen LogP contribution in [0, 0.1) is 0 Å². The van der Waals surface area contributed by atoms with Crippen molar-refractivity contribution in [1.82, 2.24) is 0 Å². The molecule has 0 atom stereocenters. The van der Waals surface area contributed by atoms with Crippen molar-refractivity contribution in [2.45, 2.75) is 6.92 Å². The average Bonchev–Trinajstić information content (AvgIpc) is 2.65. The Labute approximate surface area is 146 Å². The summed E-state index contributed by atoms with van der Waals surface area (Å²) in [7, 11) is 2.61. The number of hydrogen-bond donors (Lipinski definition) is 0. The van der Waals surface area contributed by atoms with Gasteiger partial charge in [-0.2, -0.15) is 0 Å². The Balaban J connectivity index is 2.36. The molecule has 0 spiro atoms. The van der Waals surface area contributed by atoms with Crippen LogP contribution in [0.5, 0.6) is 0 Å². The third kappa shape index (κ3) is 2.85. The van der Waals surface area contributed by atoms with E-state index in [9.17, 15) is 0 Å². The van der Waals surface area contributed by atoms with E-state index < -0.39 is 7.26 Å². The molecule has 0 amide bonds. The second-order valence-electron chi connectivity index (χ2n) is 6.18. The lowest BCUT2D eigenvalue weighted by atomic mass is 10.3. The van der Waals surface area contributed by atoms with E-state index in [0.717, 1.165) is 6.16 Å². The lowest BCUT2D eigenvalue weighted by molar-refractivity contribution is 1.14. The molecule has 0 N–H and O–H groups in total. The molecule has 0 aromatic heterocycles. The van der Waals surface area contributed by atoms with Crippen LogP contribution in [0.4, 0.5) is 5.69 Å². The minimum atomic E-state index is -1.67. The summed E-state index contributed by atoms with van der Waals surface area (Å²) in [5, 5.41) is 4.37. The molecule has 1 nitrogen and oxygen atoms in total. The molecular weight excluding hydrogens is 309 g/mol. The smallest absolute Gasteiger partial charge is 0.127 e. The molecule has 122 valence electrons. The highest BCUT2D eigenvalue weighted by Crippen LogP contribution is 2.56. The summed E-state index contributed by atoms with van der Waals surface area (Å²) in [6.45, 7) is 2.33. The van der Waals surface area contributed by atoms with Gasteiger partial charge >= 0.3 is 0 Å². The van der Waals surface area contributed by atoms with Crippen LogP contribution in [-0.4, -0.2) is 20.3 Å². The number of hydrogen-bond acceptors (Lipinski definition) is 1. The van der Waals surface area contributed by atoms with Crippen LogP contribution in [0.2, 0.25) is 0 Å². The molecule has 3 rings (SSSR count). The van der Waals surface area contributed by atoms with Crippen molar-refractivity contribution in [3.63, 3.8) is 0 Å². The molecule has 0 aliphatic heterocycles. The highest BCUT2D eigenvalue weighted by atomic mass is 31.2. The summed E-state index contributed by atoms with van der Waals surface area (Å²) < 4.78 is 0. The van der Waals surface area contributed by atoms with Gasteiger partial charge in [-0.25, -0.2) is 0 Å². The predicted molar refractivity (Wildman–Crippen MR) is 110 cm³/mol. The fourth-order valence-corrected chi connectivity index (χ4v) is 7.79. The van der Waals surface area contributed by atoms with Crippen LogP contribution >= 0.6 is 7.26 Å². The van der Waals surface area contributed by atoms with Crippen molar-refractivity contribution in [2.24, 2.45) is 0 Å². The van der Waals surface area contributed by atoms with Gasteiger partial charge in [-0.15, -0.1) is 0 Å². The first-order chi connectivity index (χ1) is 11.7. The maximum absolute atomic E-state index is 2.33. The molecule has 0 aliphatic rings. The van der Waals surface area contributed by atoms with Crippen molar-refractivity contribution in [3.8, 4) is 0 Å². The zero-order valence-corrected chi connectivity index (χ0v) is 15.6. The van der Waals surface area contributed by atoms with E-state index in [4.69, 9.17) is 0 Å². The number of benzene rings is 3. The third-order valence-electron chi connectivity index (χ3n) is 4.64. The van der Waals surface area contributed by atoms with Crippen molar-refractivity contribution < 1.29 is 0 Å². The number of rotatable bonds is 5. The first kappa shape index (κ1) is 16.7. The van der Waals surface area contributed by atoms with Crippen molar-refractivity contribution in [3.05, 3.63) is 84.9 Å². The van der Waals surface area contributed by atoms with Crippen LogP contribution in [0.25, 0.3) is 0 Å². The molecular formula is C22H25NP+. The second-order valence-corrected chi connectivity index (χ2v) is 9.95. The molecule has 0 radical (unpaired) electrons. The standard InChI is InChI=1S/C22H25NP/c1-4-24(19-13-7-5-8-14-19,20-15-9-6-10-16-20)22-18-12-11-17-21(22)23(2)3/h5-18H,4H2,1-3H3/q+1. The SMILES string of the molecule is CC[P+](c1ccccc1)(c1ccccc1)c1ccccc1N(C)C. The molecule has 0 heterocycles. The lowest BCUT2D eigenvalue weighted by Gasteiger charge is -2.29. The highest BCUT2D eigenvalue weighted by Gasteiger charge is 2.45. The lowest BCUT2D eigenvalue weighted by Crippen LogP contribution is -2.35. The van der Waals surface area contributed by atoms with Gasteiger partial charge < -0.3 is 4.90 Å². The van der Waals surface area contributed by atoms with Gasteiger partial charge in [0.05, 0.1) is 11.8 Å². The monoisotopic (exact) mass is 334 g/mol. The molecule has 2 heteroatoms. The summed E-state index contributed by atoms with van der Waals surface area (Å²) in [6, 6.07) is 31.0. The van der Waals surface area contributed by atoms with Gasteiger partial charge in [0.2, 0.25) is 0 Å². The van der Waals surface area contributed by atoms with E-state index in [2.05, 4.69) is 111 Å². The minimum Gasteiger partial charge on any atom is -0.374 e. The molecule has 0 saturated heterocycles. The summed E-state index contributed by atoms with van der Waals surface area (Å²) in [5.41, 5.74) is 1.32. The molecule has 24 heavy (non-hydrogen) atoms. The number of nitrogens with zero attached hydrogens (tertiary/aromatic N) is 1. The predicted octanol–water partition coefficient (Wildman–Crippen LogP) is 4.07. The molecule has 0 fully saturated rings. The van der Waals surface area contributed by atoms with Gasteiger partial charge in [-0.05, 0) is 43.3 Å². The Bertz CT molecular complexity index is 742. The minimum absolute atomic E-state index is 1.12. The van der Waals surface area contributed by atoms with Crippen molar-refractivity contribution in [1.29, 1.82) is 0 Å². The summed E-state index contributed by atoms with van der Waals surface area (Å²) >= 11 is 0. The average molecular weight is 334 g/mol. The summed E-state index contributed by atoms with van der Waals surface area (Å²) in [5.74, 6) is 0. The van der Waals surface area contributed by atoms with Gasteiger partial charge in [0.15, 0.2) is 0 Å². The van der Waals surface area contributed by atoms with Crippen molar-refractivity contribution >= 4 is 28.9 Å². The Morgan fingerprint density at radius 2 is 1.12 bits per heavy atom. The Hall–Kier alpha value is -2.11. The first-order valence-electron chi connectivity index (χ1n) is 8.46. The molecule has 0 bridgehead atoms. The van der Waals surface area contributed by atoms with Crippen LogP contribution in [0.15, 0.2) is 84.9 Å². The Kier molecular flexibility index (Phi) is 5.02. The van der Waals surface area contributed by atoms with Crippen LogP contribution in [0.1, 0.15) is 6.92 Å². The zero-order chi connectivity index (χ0) is 17.0. The largest absolute Gasteiger partial charge is 0.374 e.